The third kappa shape index (κ3) is 3.25. The minimum absolute atomic E-state index is 0.0584. The normalized spacial score (nSPS) is 10.6. The molecule has 0 spiro atoms. The van der Waals surface area contributed by atoms with Gasteiger partial charge in [-0.1, -0.05) is 6.07 Å². The molecular formula is C18H13NO6. The SMILES string of the molecule is Cc1ccc(C(=O)Oc2ccc3c(C)cc(=O)oc3c2)cc1[N+](=O)[O-]. The first kappa shape index (κ1) is 16.4. The van der Waals surface area contributed by atoms with E-state index in [1.807, 2.05) is 0 Å². The summed E-state index contributed by atoms with van der Waals surface area (Å²) in [6, 6.07) is 10.2. The lowest BCUT2D eigenvalue weighted by Gasteiger charge is -2.07. The van der Waals surface area contributed by atoms with Gasteiger partial charge in [0, 0.05) is 29.1 Å². The van der Waals surface area contributed by atoms with Crippen molar-refractivity contribution in [2.45, 2.75) is 13.8 Å². The molecule has 25 heavy (non-hydrogen) atoms. The van der Waals surface area contributed by atoms with Gasteiger partial charge in [0.05, 0.1) is 10.5 Å². The van der Waals surface area contributed by atoms with Gasteiger partial charge in [0.1, 0.15) is 11.3 Å². The predicted octanol–water partition coefficient (Wildman–Crippen LogP) is 3.54. The van der Waals surface area contributed by atoms with Crippen LogP contribution >= 0.6 is 0 Å². The number of carbonyl (C=O) groups is 1. The van der Waals surface area contributed by atoms with Crippen molar-refractivity contribution in [3.8, 4) is 5.75 Å². The van der Waals surface area contributed by atoms with Gasteiger partial charge in [0.25, 0.3) is 5.69 Å². The first-order valence-corrected chi connectivity index (χ1v) is 7.37. The number of hydrogen-bond acceptors (Lipinski definition) is 6. The van der Waals surface area contributed by atoms with Crippen LogP contribution in [0, 0.1) is 24.0 Å². The number of aryl methyl sites for hydroxylation is 2. The zero-order chi connectivity index (χ0) is 18.1. The number of nitrogens with zero attached hydrogens (tertiary/aromatic N) is 1. The van der Waals surface area contributed by atoms with Gasteiger partial charge in [-0.15, -0.1) is 0 Å². The van der Waals surface area contributed by atoms with Crippen molar-refractivity contribution in [3.63, 3.8) is 0 Å². The molecule has 126 valence electrons. The lowest BCUT2D eigenvalue weighted by molar-refractivity contribution is -0.385. The summed E-state index contributed by atoms with van der Waals surface area (Å²) >= 11 is 0. The standard InChI is InChI=1S/C18H13NO6/c1-10-3-4-12(8-15(10)19(22)23)18(21)24-13-5-6-14-11(2)7-17(20)25-16(14)9-13/h3-9H,1-2H3. The highest BCUT2D eigenvalue weighted by molar-refractivity contribution is 5.92. The number of benzene rings is 2. The number of nitro groups is 1. The molecule has 2 aromatic carbocycles. The molecule has 0 bridgehead atoms. The first-order chi connectivity index (χ1) is 11.8. The van der Waals surface area contributed by atoms with Crippen LogP contribution in [0.15, 0.2) is 51.7 Å². The molecule has 0 amide bonds. The van der Waals surface area contributed by atoms with Crippen LogP contribution in [0.1, 0.15) is 21.5 Å². The summed E-state index contributed by atoms with van der Waals surface area (Å²) in [5, 5.41) is 11.7. The Morgan fingerprint density at radius 3 is 2.56 bits per heavy atom. The molecule has 1 heterocycles. The van der Waals surface area contributed by atoms with Crippen molar-refractivity contribution in [2.75, 3.05) is 0 Å². The van der Waals surface area contributed by atoms with E-state index in [-0.39, 0.29) is 17.0 Å². The van der Waals surface area contributed by atoms with Gasteiger partial charge in [-0.2, -0.15) is 0 Å². The van der Waals surface area contributed by atoms with E-state index in [0.717, 1.165) is 10.9 Å². The number of ether oxygens (including phenoxy) is 1. The predicted molar refractivity (Wildman–Crippen MR) is 90.0 cm³/mol. The Kier molecular flexibility index (Phi) is 4.06. The number of carbonyl (C=O) groups excluding carboxylic acids is 1. The molecule has 0 N–H and O–H groups in total. The van der Waals surface area contributed by atoms with Crippen LogP contribution < -0.4 is 10.4 Å². The first-order valence-electron chi connectivity index (χ1n) is 7.37. The molecule has 0 aliphatic heterocycles. The van der Waals surface area contributed by atoms with Crippen LogP contribution in [0.4, 0.5) is 5.69 Å². The minimum Gasteiger partial charge on any atom is -0.423 e. The van der Waals surface area contributed by atoms with Crippen molar-refractivity contribution < 1.29 is 18.9 Å². The summed E-state index contributed by atoms with van der Waals surface area (Å²) in [6.07, 6.45) is 0. The molecule has 0 fully saturated rings. The molecule has 0 atom stereocenters. The van der Waals surface area contributed by atoms with Crippen LogP contribution in [-0.4, -0.2) is 10.9 Å². The van der Waals surface area contributed by atoms with E-state index in [0.29, 0.717) is 11.1 Å². The summed E-state index contributed by atoms with van der Waals surface area (Å²) < 4.78 is 10.3. The largest absolute Gasteiger partial charge is 0.423 e. The lowest BCUT2D eigenvalue weighted by atomic mass is 10.1. The quantitative estimate of drug-likeness (QED) is 0.238. The van der Waals surface area contributed by atoms with E-state index >= 15 is 0 Å². The number of hydrogen-bond donors (Lipinski definition) is 0. The summed E-state index contributed by atoms with van der Waals surface area (Å²) in [6.45, 7) is 3.36. The highest BCUT2D eigenvalue weighted by atomic mass is 16.6. The van der Waals surface area contributed by atoms with Gasteiger partial charge in [0.15, 0.2) is 0 Å². The third-order valence-electron chi connectivity index (χ3n) is 3.77. The molecule has 0 radical (unpaired) electrons. The fraction of sp³-hybridized carbons (Fsp3) is 0.111. The fourth-order valence-corrected chi connectivity index (χ4v) is 2.47. The average molecular weight is 339 g/mol. The Hall–Kier alpha value is -3.48. The molecule has 7 heteroatoms. The van der Waals surface area contributed by atoms with Crippen molar-refractivity contribution >= 4 is 22.6 Å². The maximum Gasteiger partial charge on any atom is 0.343 e. The Morgan fingerprint density at radius 1 is 1.08 bits per heavy atom. The number of esters is 1. The van der Waals surface area contributed by atoms with Crippen LogP contribution in [-0.2, 0) is 0 Å². The lowest BCUT2D eigenvalue weighted by Crippen LogP contribution is -2.09. The molecule has 0 saturated carbocycles. The average Bonchev–Trinajstić information content (AvgIpc) is 2.54. The zero-order valence-corrected chi connectivity index (χ0v) is 13.4. The van der Waals surface area contributed by atoms with Crippen molar-refractivity contribution in [3.05, 3.63) is 79.7 Å². The smallest absolute Gasteiger partial charge is 0.343 e. The molecule has 0 aliphatic rings. The van der Waals surface area contributed by atoms with Gasteiger partial charge < -0.3 is 9.15 Å². The maximum atomic E-state index is 12.2. The van der Waals surface area contributed by atoms with Crippen LogP contribution in [0.25, 0.3) is 11.0 Å². The van der Waals surface area contributed by atoms with Crippen molar-refractivity contribution in [1.82, 2.24) is 0 Å². The molecule has 0 aliphatic carbocycles. The van der Waals surface area contributed by atoms with E-state index in [2.05, 4.69) is 0 Å². The topological polar surface area (TPSA) is 99.7 Å². The van der Waals surface area contributed by atoms with Crippen molar-refractivity contribution in [1.29, 1.82) is 0 Å². The maximum absolute atomic E-state index is 12.2. The zero-order valence-electron chi connectivity index (χ0n) is 13.4. The Bertz CT molecular complexity index is 1070. The highest BCUT2D eigenvalue weighted by Crippen LogP contribution is 2.24. The Labute approximate surface area is 141 Å². The summed E-state index contributed by atoms with van der Waals surface area (Å²) in [5.41, 5.74) is 0.897. The molecular weight excluding hydrogens is 326 g/mol. The van der Waals surface area contributed by atoms with Crippen LogP contribution in [0.3, 0.4) is 0 Å². The number of nitro benzene ring substituents is 1. The summed E-state index contributed by atoms with van der Waals surface area (Å²) in [4.78, 5) is 34.1. The number of fused-ring (bicyclic) bond motifs is 1. The second-order valence-corrected chi connectivity index (χ2v) is 5.55. The summed E-state index contributed by atoms with van der Waals surface area (Å²) in [7, 11) is 0. The molecule has 1 aromatic heterocycles. The van der Waals surface area contributed by atoms with E-state index < -0.39 is 16.5 Å². The van der Waals surface area contributed by atoms with E-state index in [4.69, 9.17) is 9.15 Å². The highest BCUT2D eigenvalue weighted by Gasteiger charge is 2.17. The van der Waals surface area contributed by atoms with Gasteiger partial charge >= 0.3 is 11.6 Å². The molecule has 3 rings (SSSR count). The molecule has 3 aromatic rings. The summed E-state index contributed by atoms with van der Waals surface area (Å²) in [5.74, 6) is -0.563. The second-order valence-electron chi connectivity index (χ2n) is 5.55. The van der Waals surface area contributed by atoms with Crippen molar-refractivity contribution in [2.24, 2.45) is 0 Å². The van der Waals surface area contributed by atoms with Gasteiger partial charge in [-0.3, -0.25) is 10.1 Å². The van der Waals surface area contributed by atoms with Crippen LogP contribution in [0.2, 0.25) is 0 Å². The number of rotatable bonds is 3. The van der Waals surface area contributed by atoms with E-state index in [1.54, 1.807) is 26.0 Å². The van der Waals surface area contributed by atoms with Crippen LogP contribution in [0.5, 0.6) is 5.75 Å². The second kappa shape index (κ2) is 6.20. The van der Waals surface area contributed by atoms with Gasteiger partial charge in [-0.05, 0) is 37.6 Å². The van der Waals surface area contributed by atoms with Gasteiger partial charge in [-0.25, -0.2) is 9.59 Å². The molecule has 0 unspecified atom stereocenters. The monoisotopic (exact) mass is 339 g/mol. The van der Waals surface area contributed by atoms with E-state index in [1.165, 1.54) is 30.3 Å². The minimum atomic E-state index is -0.738. The molecule has 0 saturated heterocycles. The molecule has 7 nitrogen and oxygen atoms in total. The third-order valence-corrected chi connectivity index (χ3v) is 3.77. The van der Waals surface area contributed by atoms with E-state index in [9.17, 15) is 19.7 Å². The Morgan fingerprint density at radius 2 is 1.84 bits per heavy atom. The van der Waals surface area contributed by atoms with Gasteiger partial charge in [0.2, 0.25) is 0 Å². The fourth-order valence-electron chi connectivity index (χ4n) is 2.47. The Balaban J connectivity index is 1.93.